The van der Waals surface area contributed by atoms with Gasteiger partial charge in [0.2, 0.25) is 0 Å². The lowest BCUT2D eigenvalue weighted by atomic mass is 9.84. The predicted molar refractivity (Wildman–Crippen MR) is 225 cm³/mol. The average molecular weight is 675 g/mol. The Morgan fingerprint density at radius 2 is 0.792 bits per heavy atom. The van der Waals surface area contributed by atoms with Gasteiger partial charge in [-0.15, -0.1) is 0 Å². The Morgan fingerprint density at radius 1 is 0.302 bits per heavy atom. The minimum atomic E-state index is 0.887. The number of rotatable bonds is 6. The van der Waals surface area contributed by atoms with Crippen LogP contribution in [0.15, 0.2) is 206 Å². The maximum atomic E-state index is 5.05. The fourth-order valence-corrected chi connectivity index (χ4v) is 7.98. The summed E-state index contributed by atoms with van der Waals surface area (Å²) < 4.78 is 0. The van der Waals surface area contributed by atoms with Gasteiger partial charge < -0.3 is 0 Å². The van der Waals surface area contributed by atoms with Gasteiger partial charge in [-0.05, 0) is 108 Å². The molecule has 0 aliphatic heterocycles. The van der Waals surface area contributed by atoms with Crippen LogP contribution < -0.4 is 4.90 Å². The van der Waals surface area contributed by atoms with Crippen molar-refractivity contribution >= 4 is 60.4 Å². The molecule has 0 bridgehead atoms. The van der Waals surface area contributed by atoms with Crippen molar-refractivity contribution in [3.63, 3.8) is 0 Å². The number of pyridine rings is 1. The smallest absolute Gasteiger partial charge is 0.138 e. The van der Waals surface area contributed by atoms with E-state index in [0.717, 1.165) is 28.1 Å². The molecule has 0 atom stereocenters. The molecular formula is C51H34N2. The van der Waals surface area contributed by atoms with Crippen molar-refractivity contribution in [3.05, 3.63) is 206 Å². The summed E-state index contributed by atoms with van der Waals surface area (Å²) in [7, 11) is 0. The highest BCUT2D eigenvalue weighted by Gasteiger charge is 2.18. The number of benzene rings is 9. The number of hydrogen-bond donors (Lipinski definition) is 0. The van der Waals surface area contributed by atoms with Crippen molar-refractivity contribution in [3.8, 4) is 33.4 Å². The van der Waals surface area contributed by atoms with Crippen LogP contribution >= 0.6 is 0 Å². The lowest BCUT2D eigenvalue weighted by molar-refractivity contribution is 1.21. The molecule has 0 fully saturated rings. The highest BCUT2D eigenvalue weighted by Crippen LogP contribution is 2.45. The van der Waals surface area contributed by atoms with E-state index in [1.54, 1.807) is 0 Å². The molecule has 9 aromatic carbocycles. The Morgan fingerprint density at radius 3 is 1.47 bits per heavy atom. The summed E-state index contributed by atoms with van der Waals surface area (Å²) in [4.78, 5) is 7.27. The molecule has 2 nitrogen and oxygen atoms in total. The molecule has 0 amide bonds. The normalized spacial score (nSPS) is 11.4. The number of fused-ring (bicyclic) bond motifs is 4. The van der Waals surface area contributed by atoms with Crippen molar-refractivity contribution < 1.29 is 0 Å². The molecule has 10 aromatic rings. The second kappa shape index (κ2) is 12.9. The zero-order valence-electron chi connectivity index (χ0n) is 29.0. The lowest BCUT2D eigenvalue weighted by Gasteiger charge is -2.24. The molecule has 0 spiro atoms. The number of hydrogen-bond acceptors (Lipinski definition) is 2. The molecule has 10 rings (SSSR count). The standard InChI is InChI=1S/C51H34N2/c1-2-16-40(17-3-1)53(49-34-31-38-14-5-11-24-48(38)52-49)41-32-29-36(30-33-41)35-25-27-39(28-26-35)50-44-19-7-9-21-46(44)51(47-22-10-8-20-45(47)50)43-23-12-15-37-13-4-6-18-42(37)43/h1-34H. The first kappa shape index (κ1) is 30.8. The molecular weight excluding hydrogens is 641 g/mol. The van der Waals surface area contributed by atoms with Crippen LogP contribution in [0.25, 0.3) is 76.6 Å². The molecule has 0 N–H and O–H groups in total. The van der Waals surface area contributed by atoms with E-state index in [9.17, 15) is 0 Å². The Kier molecular flexibility index (Phi) is 7.51. The SMILES string of the molecule is c1ccc(N(c2ccc(-c3ccc(-c4c5ccccc5c(-c5cccc6ccccc56)c5ccccc45)cc3)cc2)c2ccc3ccccc3n2)cc1. The molecule has 1 aromatic heterocycles. The van der Waals surface area contributed by atoms with Gasteiger partial charge in [0.25, 0.3) is 0 Å². The number of anilines is 3. The fraction of sp³-hybridized carbons (Fsp3) is 0. The van der Waals surface area contributed by atoms with Gasteiger partial charge in [0.05, 0.1) is 5.52 Å². The molecule has 0 unspecified atom stereocenters. The van der Waals surface area contributed by atoms with Crippen molar-refractivity contribution in [1.82, 2.24) is 4.98 Å². The molecule has 1 heterocycles. The minimum absolute atomic E-state index is 0.887. The summed E-state index contributed by atoms with van der Waals surface area (Å²) in [6, 6.07) is 74.0. The third-order valence-corrected chi connectivity index (χ3v) is 10.5. The second-order valence-corrected chi connectivity index (χ2v) is 13.5. The van der Waals surface area contributed by atoms with Gasteiger partial charge >= 0.3 is 0 Å². The van der Waals surface area contributed by atoms with Crippen LogP contribution in [0.5, 0.6) is 0 Å². The van der Waals surface area contributed by atoms with Crippen LogP contribution in [0.2, 0.25) is 0 Å². The molecule has 53 heavy (non-hydrogen) atoms. The van der Waals surface area contributed by atoms with Gasteiger partial charge in [0.15, 0.2) is 0 Å². The maximum absolute atomic E-state index is 5.05. The second-order valence-electron chi connectivity index (χ2n) is 13.5. The van der Waals surface area contributed by atoms with Crippen molar-refractivity contribution in [2.24, 2.45) is 0 Å². The lowest BCUT2D eigenvalue weighted by Crippen LogP contribution is -2.11. The molecule has 0 saturated carbocycles. The summed E-state index contributed by atoms with van der Waals surface area (Å²) in [6.45, 7) is 0. The van der Waals surface area contributed by atoms with Gasteiger partial charge in [-0.25, -0.2) is 4.98 Å². The summed E-state index contributed by atoms with van der Waals surface area (Å²) in [5, 5.41) is 8.70. The summed E-state index contributed by atoms with van der Waals surface area (Å²) in [5.74, 6) is 0.887. The highest BCUT2D eigenvalue weighted by molar-refractivity contribution is 6.23. The number of nitrogens with zero attached hydrogens (tertiary/aromatic N) is 2. The first-order valence-corrected chi connectivity index (χ1v) is 18.1. The van der Waals surface area contributed by atoms with Crippen LogP contribution in [0, 0.1) is 0 Å². The van der Waals surface area contributed by atoms with E-state index in [1.165, 1.54) is 65.7 Å². The summed E-state index contributed by atoms with van der Waals surface area (Å²) in [6.07, 6.45) is 0. The molecule has 0 saturated heterocycles. The number of aromatic nitrogens is 1. The van der Waals surface area contributed by atoms with Crippen molar-refractivity contribution in [2.45, 2.75) is 0 Å². The topological polar surface area (TPSA) is 16.1 Å². The van der Waals surface area contributed by atoms with E-state index in [4.69, 9.17) is 4.98 Å². The first-order chi connectivity index (χ1) is 26.3. The van der Waals surface area contributed by atoms with E-state index in [2.05, 4.69) is 199 Å². The zero-order valence-corrected chi connectivity index (χ0v) is 29.0. The van der Waals surface area contributed by atoms with Crippen LogP contribution in [0.1, 0.15) is 0 Å². The van der Waals surface area contributed by atoms with E-state index in [0.29, 0.717) is 0 Å². The highest BCUT2D eigenvalue weighted by atomic mass is 15.2. The van der Waals surface area contributed by atoms with Gasteiger partial charge in [-0.1, -0.05) is 164 Å². The van der Waals surface area contributed by atoms with Crippen LogP contribution in [-0.4, -0.2) is 4.98 Å². The van der Waals surface area contributed by atoms with Crippen molar-refractivity contribution in [2.75, 3.05) is 4.90 Å². The average Bonchev–Trinajstić information content (AvgIpc) is 3.23. The van der Waals surface area contributed by atoms with Crippen LogP contribution in [-0.2, 0) is 0 Å². The largest absolute Gasteiger partial charge is 0.295 e. The van der Waals surface area contributed by atoms with Gasteiger partial charge in [-0.3, -0.25) is 4.90 Å². The third kappa shape index (κ3) is 5.40. The predicted octanol–water partition coefficient (Wildman–Crippen LogP) is 14.2. The Bertz CT molecular complexity index is 2870. The van der Waals surface area contributed by atoms with Gasteiger partial charge in [0, 0.05) is 16.8 Å². The van der Waals surface area contributed by atoms with Crippen LogP contribution in [0.3, 0.4) is 0 Å². The Balaban J connectivity index is 1.05. The first-order valence-electron chi connectivity index (χ1n) is 18.1. The molecule has 248 valence electrons. The third-order valence-electron chi connectivity index (χ3n) is 10.5. The quantitative estimate of drug-likeness (QED) is 0.163. The van der Waals surface area contributed by atoms with Gasteiger partial charge in [-0.2, -0.15) is 0 Å². The van der Waals surface area contributed by atoms with E-state index in [1.807, 2.05) is 12.1 Å². The van der Waals surface area contributed by atoms with Crippen molar-refractivity contribution in [1.29, 1.82) is 0 Å². The molecule has 0 aliphatic carbocycles. The minimum Gasteiger partial charge on any atom is -0.295 e. The van der Waals surface area contributed by atoms with E-state index < -0.39 is 0 Å². The molecule has 0 radical (unpaired) electrons. The monoisotopic (exact) mass is 674 g/mol. The molecule has 2 heteroatoms. The maximum Gasteiger partial charge on any atom is 0.138 e. The fourth-order valence-electron chi connectivity index (χ4n) is 7.98. The zero-order chi connectivity index (χ0) is 35.1. The summed E-state index contributed by atoms with van der Waals surface area (Å²) >= 11 is 0. The Labute approximate surface area is 308 Å². The number of para-hydroxylation sites is 2. The van der Waals surface area contributed by atoms with E-state index >= 15 is 0 Å². The molecule has 0 aliphatic rings. The van der Waals surface area contributed by atoms with Crippen LogP contribution in [0.4, 0.5) is 17.2 Å². The Hall–Kier alpha value is -7.03. The van der Waals surface area contributed by atoms with E-state index in [-0.39, 0.29) is 0 Å². The summed E-state index contributed by atoms with van der Waals surface area (Å²) in [5.41, 5.74) is 10.5. The van der Waals surface area contributed by atoms with Gasteiger partial charge in [0.1, 0.15) is 5.82 Å².